The summed E-state index contributed by atoms with van der Waals surface area (Å²) in [5.41, 5.74) is 1.73. The van der Waals surface area contributed by atoms with Gasteiger partial charge in [0.1, 0.15) is 5.82 Å². The van der Waals surface area contributed by atoms with E-state index in [1.807, 2.05) is 24.3 Å². The largest absolute Gasteiger partial charge is 0.383 e. The number of fused-ring (bicyclic) bond motifs is 1. The molecule has 0 spiro atoms. The predicted molar refractivity (Wildman–Crippen MR) is 129 cm³/mol. The highest BCUT2D eigenvalue weighted by Gasteiger charge is 2.20. The van der Waals surface area contributed by atoms with E-state index in [-0.39, 0.29) is 11.4 Å². The molecule has 170 valence electrons. The first kappa shape index (κ1) is 22.7. The van der Waals surface area contributed by atoms with Crippen molar-refractivity contribution < 1.29 is 13.2 Å². The number of benzene rings is 2. The highest BCUT2D eigenvalue weighted by molar-refractivity contribution is 7.89. The van der Waals surface area contributed by atoms with E-state index >= 15 is 0 Å². The number of anilines is 1. The topological polar surface area (TPSA) is 74.8 Å². The summed E-state index contributed by atoms with van der Waals surface area (Å²) < 4.78 is 32.4. The Balaban J connectivity index is 1.65. The number of methoxy groups -OCH3 is 1. The summed E-state index contributed by atoms with van der Waals surface area (Å²) in [6, 6.07) is 17.3. The number of likely N-dealkylation sites (N-methyl/N-ethyl adjacent to an activating group) is 1. The maximum absolute atomic E-state index is 12.4. The molecule has 2 heterocycles. The van der Waals surface area contributed by atoms with Crippen molar-refractivity contribution in [3.63, 3.8) is 0 Å². The summed E-state index contributed by atoms with van der Waals surface area (Å²) in [5.74, 6) is 0.992. The standard InChI is InChI=1S/C24H30N4O3S/c1-3-27-13-15-28(16-14-27)24-22-7-5-4-6-20(22)18-23(26-24)19-8-10-21(11-9-19)32(29,30)25-12-17-31-2/h4-11,18,25H,3,12-17H2,1-2H3. The fourth-order valence-corrected chi connectivity index (χ4v) is 5.02. The Morgan fingerprint density at radius 1 is 1.03 bits per heavy atom. The molecule has 32 heavy (non-hydrogen) atoms. The number of hydrogen-bond donors (Lipinski definition) is 1. The number of ether oxygens (including phenoxy) is 1. The monoisotopic (exact) mass is 454 g/mol. The first-order valence-corrected chi connectivity index (χ1v) is 12.5. The van der Waals surface area contributed by atoms with Gasteiger partial charge in [-0.2, -0.15) is 0 Å². The molecular formula is C24H30N4O3S. The third kappa shape index (κ3) is 4.94. The lowest BCUT2D eigenvalue weighted by atomic mass is 10.1. The van der Waals surface area contributed by atoms with Crippen LogP contribution >= 0.6 is 0 Å². The van der Waals surface area contributed by atoms with Gasteiger partial charge >= 0.3 is 0 Å². The fourth-order valence-electron chi connectivity index (χ4n) is 4.01. The molecule has 8 heteroatoms. The number of hydrogen-bond acceptors (Lipinski definition) is 6. The molecule has 0 saturated carbocycles. The molecule has 7 nitrogen and oxygen atoms in total. The fraction of sp³-hybridized carbons (Fsp3) is 0.375. The summed E-state index contributed by atoms with van der Waals surface area (Å²) in [5, 5.41) is 2.27. The van der Waals surface area contributed by atoms with Gasteiger partial charge in [-0.15, -0.1) is 0 Å². The number of aromatic nitrogens is 1. The zero-order valence-electron chi connectivity index (χ0n) is 18.6. The molecule has 1 aromatic heterocycles. The van der Waals surface area contributed by atoms with E-state index in [0.29, 0.717) is 6.61 Å². The summed E-state index contributed by atoms with van der Waals surface area (Å²) in [4.78, 5) is 10.1. The van der Waals surface area contributed by atoms with Gasteiger partial charge in [0.2, 0.25) is 10.0 Å². The van der Waals surface area contributed by atoms with Crippen molar-refractivity contribution in [2.75, 3.05) is 57.9 Å². The molecule has 4 rings (SSSR count). The minimum atomic E-state index is -3.56. The van der Waals surface area contributed by atoms with Gasteiger partial charge in [-0.25, -0.2) is 18.1 Å². The summed E-state index contributed by atoms with van der Waals surface area (Å²) in [6.45, 7) is 7.77. The van der Waals surface area contributed by atoms with Crippen molar-refractivity contribution in [2.45, 2.75) is 11.8 Å². The Bertz CT molecular complexity index is 1160. The van der Waals surface area contributed by atoms with Crippen LogP contribution < -0.4 is 9.62 Å². The zero-order chi connectivity index (χ0) is 22.6. The quantitative estimate of drug-likeness (QED) is 0.528. The minimum absolute atomic E-state index is 0.231. The smallest absolute Gasteiger partial charge is 0.240 e. The van der Waals surface area contributed by atoms with Crippen LogP contribution in [0.4, 0.5) is 5.82 Å². The van der Waals surface area contributed by atoms with Crippen molar-refractivity contribution in [1.29, 1.82) is 0 Å². The molecule has 1 N–H and O–H groups in total. The second-order valence-electron chi connectivity index (χ2n) is 7.89. The van der Waals surface area contributed by atoms with Gasteiger partial charge in [0, 0.05) is 50.8 Å². The number of nitrogens with one attached hydrogen (secondary N) is 1. The molecule has 1 saturated heterocycles. The highest BCUT2D eigenvalue weighted by atomic mass is 32.2. The van der Waals surface area contributed by atoms with E-state index in [4.69, 9.17) is 9.72 Å². The molecule has 0 bridgehead atoms. The van der Waals surface area contributed by atoms with E-state index in [1.165, 1.54) is 7.11 Å². The second kappa shape index (κ2) is 9.95. The van der Waals surface area contributed by atoms with Gasteiger partial charge in [0.25, 0.3) is 0 Å². The number of rotatable bonds is 8. The average molecular weight is 455 g/mol. The Morgan fingerprint density at radius 2 is 1.75 bits per heavy atom. The van der Waals surface area contributed by atoms with E-state index in [1.54, 1.807) is 12.1 Å². The molecular weight excluding hydrogens is 424 g/mol. The van der Waals surface area contributed by atoms with Crippen molar-refractivity contribution in [3.8, 4) is 11.3 Å². The average Bonchev–Trinajstić information content (AvgIpc) is 2.83. The van der Waals surface area contributed by atoms with Gasteiger partial charge in [-0.3, -0.25) is 0 Å². The minimum Gasteiger partial charge on any atom is -0.383 e. The van der Waals surface area contributed by atoms with Crippen molar-refractivity contribution in [1.82, 2.24) is 14.6 Å². The molecule has 0 aliphatic carbocycles. The van der Waals surface area contributed by atoms with Gasteiger partial charge in [0.05, 0.1) is 17.2 Å². The molecule has 0 unspecified atom stereocenters. The van der Waals surface area contributed by atoms with E-state index in [0.717, 1.165) is 60.6 Å². The maximum Gasteiger partial charge on any atom is 0.240 e. The number of piperazine rings is 1. The van der Waals surface area contributed by atoms with E-state index in [9.17, 15) is 8.42 Å². The SMILES string of the molecule is CCN1CCN(c2nc(-c3ccc(S(=O)(=O)NCCOC)cc3)cc3ccccc23)CC1. The summed E-state index contributed by atoms with van der Waals surface area (Å²) in [6.07, 6.45) is 0. The molecule has 1 aliphatic rings. The Labute approximate surface area is 190 Å². The van der Waals surface area contributed by atoms with Crippen LogP contribution in [-0.4, -0.2) is 71.3 Å². The predicted octanol–water partition coefficient (Wildman–Crippen LogP) is 2.97. The number of sulfonamides is 1. The lowest BCUT2D eigenvalue weighted by Crippen LogP contribution is -2.46. The second-order valence-corrected chi connectivity index (χ2v) is 9.66. The van der Waals surface area contributed by atoms with E-state index < -0.39 is 10.0 Å². The van der Waals surface area contributed by atoms with Crippen LogP contribution in [0.3, 0.4) is 0 Å². The van der Waals surface area contributed by atoms with Crippen LogP contribution in [0.2, 0.25) is 0 Å². The number of pyridine rings is 1. The molecule has 0 atom stereocenters. The van der Waals surface area contributed by atoms with Crippen molar-refractivity contribution >= 4 is 26.6 Å². The first-order valence-electron chi connectivity index (χ1n) is 11.0. The Morgan fingerprint density at radius 3 is 2.44 bits per heavy atom. The molecule has 1 fully saturated rings. The normalized spacial score (nSPS) is 15.4. The van der Waals surface area contributed by atoms with Crippen LogP contribution in [0.15, 0.2) is 59.5 Å². The van der Waals surface area contributed by atoms with Gasteiger partial charge < -0.3 is 14.5 Å². The molecule has 0 amide bonds. The Hall–Kier alpha value is -2.52. The highest BCUT2D eigenvalue weighted by Crippen LogP contribution is 2.31. The Kier molecular flexibility index (Phi) is 7.05. The lowest BCUT2D eigenvalue weighted by Gasteiger charge is -2.35. The number of nitrogens with zero attached hydrogens (tertiary/aromatic N) is 3. The van der Waals surface area contributed by atoms with Crippen molar-refractivity contribution in [2.24, 2.45) is 0 Å². The van der Waals surface area contributed by atoms with Crippen LogP contribution in [-0.2, 0) is 14.8 Å². The third-order valence-corrected chi connectivity index (χ3v) is 7.37. The molecule has 2 aromatic carbocycles. The van der Waals surface area contributed by atoms with Crippen LogP contribution in [0.5, 0.6) is 0 Å². The van der Waals surface area contributed by atoms with Gasteiger partial charge in [-0.1, -0.05) is 43.3 Å². The summed E-state index contributed by atoms with van der Waals surface area (Å²) >= 11 is 0. The van der Waals surface area contributed by atoms with Gasteiger partial charge in [0.15, 0.2) is 0 Å². The van der Waals surface area contributed by atoms with Crippen LogP contribution in [0, 0.1) is 0 Å². The zero-order valence-corrected chi connectivity index (χ0v) is 19.4. The molecule has 3 aromatic rings. The molecule has 0 radical (unpaired) electrons. The maximum atomic E-state index is 12.4. The third-order valence-electron chi connectivity index (χ3n) is 5.90. The van der Waals surface area contributed by atoms with E-state index in [2.05, 4.69) is 39.6 Å². The first-order chi connectivity index (χ1) is 15.5. The van der Waals surface area contributed by atoms with Crippen molar-refractivity contribution in [3.05, 3.63) is 54.6 Å². The lowest BCUT2D eigenvalue weighted by molar-refractivity contribution is 0.204. The molecule has 1 aliphatic heterocycles. The van der Waals surface area contributed by atoms with Crippen LogP contribution in [0.25, 0.3) is 22.0 Å². The van der Waals surface area contributed by atoms with Gasteiger partial charge in [-0.05, 0) is 30.1 Å². The summed E-state index contributed by atoms with van der Waals surface area (Å²) in [7, 11) is -2.02. The van der Waals surface area contributed by atoms with Crippen LogP contribution in [0.1, 0.15) is 6.92 Å².